The number of likely N-dealkylation sites (tertiary alicyclic amines) is 1. The summed E-state index contributed by atoms with van der Waals surface area (Å²) in [5.41, 5.74) is 2.66. The summed E-state index contributed by atoms with van der Waals surface area (Å²) in [6.45, 7) is 9.29. The molecule has 0 unspecified atom stereocenters. The molecule has 3 aromatic carbocycles. The number of aromatic amines is 1. The first-order valence-electron chi connectivity index (χ1n) is 14.5. The summed E-state index contributed by atoms with van der Waals surface area (Å²) < 4.78 is 27.2. The first-order valence-corrected chi connectivity index (χ1v) is 14.5. The summed E-state index contributed by atoms with van der Waals surface area (Å²) in [4.78, 5) is 27.3. The van der Waals surface area contributed by atoms with Crippen LogP contribution in [0.5, 0.6) is 0 Å². The van der Waals surface area contributed by atoms with Gasteiger partial charge in [-0.05, 0) is 81.2 Å². The fraction of sp³-hybridized carbons (Fsp3) is 0.364. The zero-order chi connectivity index (χ0) is 29.6. The van der Waals surface area contributed by atoms with E-state index in [0.29, 0.717) is 36.5 Å². The smallest absolute Gasteiger partial charge is 0.399 e. The van der Waals surface area contributed by atoms with Crippen LogP contribution in [0, 0.1) is 5.82 Å². The van der Waals surface area contributed by atoms with Crippen molar-refractivity contribution in [3.63, 3.8) is 0 Å². The molecule has 9 heteroatoms. The second kappa shape index (κ2) is 10.8. The number of nitrogens with one attached hydrogen (secondary N) is 1. The van der Waals surface area contributed by atoms with E-state index in [4.69, 9.17) is 9.31 Å². The monoisotopic (exact) mass is 567 g/mol. The molecular formula is C33H35BFN3O4. The fourth-order valence-corrected chi connectivity index (χ4v) is 5.84. The molecule has 1 N–H and O–H groups in total. The molecule has 0 atom stereocenters. The number of rotatable bonds is 5. The summed E-state index contributed by atoms with van der Waals surface area (Å²) in [6.07, 6.45) is 1.97. The normalized spacial score (nSPS) is 18.5. The van der Waals surface area contributed by atoms with Gasteiger partial charge < -0.3 is 14.2 Å². The molecule has 1 amide bonds. The van der Waals surface area contributed by atoms with Crippen LogP contribution in [0.3, 0.4) is 0 Å². The van der Waals surface area contributed by atoms with Crippen LogP contribution in [0.4, 0.5) is 4.39 Å². The molecule has 0 spiro atoms. The predicted octanol–water partition coefficient (Wildman–Crippen LogP) is 4.97. The third-order valence-electron chi connectivity index (χ3n) is 9.12. The molecule has 0 aliphatic carbocycles. The van der Waals surface area contributed by atoms with E-state index in [1.165, 1.54) is 11.6 Å². The number of amides is 1. The Morgan fingerprint density at radius 1 is 0.976 bits per heavy atom. The zero-order valence-electron chi connectivity index (χ0n) is 24.4. The van der Waals surface area contributed by atoms with Gasteiger partial charge in [0.2, 0.25) is 0 Å². The van der Waals surface area contributed by atoms with E-state index < -0.39 is 12.9 Å². The number of benzene rings is 3. The van der Waals surface area contributed by atoms with Gasteiger partial charge in [0.25, 0.3) is 11.5 Å². The van der Waals surface area contributed by atoms with Crippen LogP contribution in [0.1, 0.15) is 73.6 Å². The summed E-state index contributed by atoms with van der Waals surface area (Å²) >= 11 is 0. The molecule has 3 heterocycles. The van der Waals surface area contributed by atoms with Gasteiger partial charge in [-0.1, -0.05) is 48.5 Å². The molecule has 2 fully saturated rings. The Morgan fingerprint density at radius 3 is 2.29 bits per heavy atom. The fourth-order valence-electron chi connectivity index (χ4n) is 5.84. The second-order valence-corrected chi connectivity index (χ2v) is 12.4. The Bertz CT molecular complexity index is 1680. The van der Waals surface area contributed by atoms with Crippen molar-refractivity contribution in [3.05, 3.63) is 105 Å². The Balaban J connectivity index is 1.11. The first-order chi connectivity index (χ1) is 20.0. The molecule has 0 bridgehead atoms. The Hall–Kier alpha value is -3.82. The molecule has 4 aromatic rings. The van der Waals surface area contributed by atoms with Gasteiger partial charge >= 0.3 is 7.12 Å². The van der Waals surface area contributed by atoms with Crippen LogP contribution in [-0.4, -0.2) is 52.4 Å². The van der Waals surface area contributed by atoms with Gasteiger partial charge in [0.1, 0.15) is 5.82 Å². The van der Waals surface area contributed by atoms with Crippen LogP contribution in [0.15, 0.2) is 71.5 Å². The summed E-state index contributed by atoms with van der Waals surface area (Å²) in [5.74, 6) is -0.524. The van der Waals surface area contributed by atoms with Crippen LogP contribution in [-0.2, 0) is 15.7 Å². The van der Waals surface area contributed by atoms with Crippen molar-refractivity contribution >= 4 is 29.3 Å². The standard InChI is InChI=1S/C33H35BFN3O4/c1-32(2)33(3,4)42-34(41-32)24-12-10-22(11-13-24)23-15-17-38(18-16-23)31(40)27-19-21(9-14-28(27)35)20-29-25-7-5-6-8-26(25)30(39)37-36-29/h5-14,19,23H,15-18,20H2,1-4H3,(H,37,39). The van der Waals surface area contributed by atoms with E-state index in [-0.39, 0.29) is 28.2 Å². The van der Waals surface area contributed by atoms with Crippen molar-refractivity contribution in [2.75, 3.05) is 13.1 Å². The summed E-state index contributed by atoms with van der Waals surface area (Å²) in [5, 5.41) is 8.05. The lowest BCUT2D eigenvalue weighted by atomic mass is 9.77. The van der Waals surface area contributed by atoms with Crippen LogP contribution in [0.2, 0.25) is 0 Å². The summed E-state index contributed by atoms with van der Waals surface area (Å²) in [6, 6.07) is 20.2. The number of H-pyrrole nitrogens is 1. The molecule has 2 aliphatic rings. The zero-order valence-corrected chi connectivity index (χ0v) is 24.4. The highest BCUT2D eigenvalue weighted by Crippen LogP contribution is 2.37. The molecule has 1 aromatic heterocycles. The maximum atomic E-state index is 14.9. The highest BCUT2D eigenvalue weighted by molar-refractivity contribution is 6.62. The van der Waals surface area contributed by atoms with Crippen molar-refractivity contribution < 1.29 is 18.5 Å². The average molecular weight is 567 g/mol. The van der Waals surface area contributed by atoms with Crippen molar-refractivity contribution in [1.29, 1.82) is 0 Å². The second-order valence-electron chi connectivity index (χ2n) is 12.4. The number of carbonyl (C=O) groups is 1. The Kier molecular flexibility index (Phi) is 7.27. The number of halogens is 1. The van der Waals surface area contributed by atoms with Crippen molar-refractivity contribution in [1.82, 2.24) is 15.1 Å². The molecule has 6 rings (SSSR count). The lowest BCUT2D eigenvalue weighted by Crippen LogP contribution is -2.41. The van der Waals surface area contributed by atoms with E-state index in [2.05, 4.69) is 34.5 Å². The maximum Gasteiger partial charge on any atom is 0.494 e. The van der Waals surface area contributed by atoms with Gasteiger partial charge in [-0.15, -0.1) is 0 Å². The molecule has 0 saturated carbocycles. The minimum atomic E-state index is -0.538. The van der Waals surface area contributed by atoms with E-state index >= 15 is 0 Å². The van der Waals surface area contributed by atoms with E-state index in [1.807, 2.05) is 39.8 Å². The number of piperidine rings is 1. The van der Waals surface area contributed by atoms with Gasteiger partial charge in [0, 0.05) is 24.9 Å². The van der Waals surface area contributed by atoms with Crippen LogP contribution >= 0.6 is 0 Å². The third kappa shape index (κ3) is 5.27. The predicted molar refractivity (Wildman–Crippen MR) is 162 cm³/mol. The molecule has 216 valence electrons. The van der Waals surface area contributed by atoms with Gasteiger partial charge in [0.15, 0.2) is 0 Å². The Morgan fingerprint density at radius 2 is 1.62 bits per heavy atom. The van der Waals surface area contributed by atoms with Crippen molar-refractivity contribution in [2.24, 2.45) is 0 Å². The maximum absolute atomic E-state index is 14.9. The molecule has 2 aliphatic heterocycles. The highest BCUT2D eigenvalue weighted by atomic mass is 19.1. The Labute approximate surface area is 245 Å². The molecule has 2 saturated heterocycles. The SMILES string of the molecule is CC1(C)OB(c2ccc(C3CCN(C(=O)c4cc(Cc5n[nH]c(=O)c6ccccc56)ccc4F)CC3)cc2)OC1(C)C. The van der Waals surface area contributed by atoms with Gasteiger partial charge in [-0.25, -0.2) is 9.49 Å². The lowest BCUT2D eigenvalue weighted by molar-refractivity contribution is 0.00578. The van der Waals surface area contributed by atoms with E-state index in [1.54, 1.807) is 29.2 Å². The van der Waals surface area contributed by atoms with Crippen molar-refractivity contribution in [3.8, 4) is 0 Å². The number of hydrogen-bond acceptors (Lipinski definition) is 5. The largest absolute Gasteiger partial charge is 0.494 e. The van der Waals surface area contributed by atoms with Gasteiger partial charge in [-0.3, -0.25) is 9.59 Å². The molecule has 0 radical (unpaired) electrons. The van der Waals surface area contributed by atoms with Crippen LogP contribution < -0.4 is 11.0 Å². The number of carbonyl (C=O) groups excluding carboxylic acids is 1. The van der Waals surface area contributed by atoms with Gasteiger partial charge in [0.05, 0.1) is 27.8 Å². The molecular weight excluding hydrogens is 532 g/mol. The number of nitrogens with zero attached hydrogens (tertiary/aromatic N) is 2. The summed E-state index contributed by atoms with van der Waals surface area (Å²) in [7, 11) is -0.395. The highest BCUT2D eigenvalue weighted by Gasteiger charge is 2.51. The minimum absolute atomic E-state index is 0.0615. The van der Waals surface area contributed by atoms with E-state index in [9.17, 15) is 14.0 Å². The topological polar surface area (TPSA) is 84.5 Å². The lowest BCUT2D eigenvalue weighted by Gasteiger charge is -2.32. The van der Waals surface area contributed by atoms with Crippen molar-refractivity contribution in [2.45, 2.75) is 64.1 Å². The molecule has 42 heavy (non-hydrogen) atoms. The van der Waals surface area contributed by atoms with E-state index in [0.717, 1.165) is 29.3 Å². The average Bonchev–Trinajstić information content (AvgIpc) is 3.21. The minimum Gasteiger partial charge on any atom is -0.399 e. The van der Waals surface area contributed by atoms with Gasteiger partial charge in [-0.2, -0.15) is 5.10 Å². The van der Waals surface area contributed by atoms with Crippen LogP contribution in [0.25, 0.3) is 10.8 Å². The number of aromatic nitrogens is 2. The quantitative estimate of drug-likeness (QED) is 0.345. The third-order valence-corrected chi connectivity index (χ3v) is 9.12. The number of fused-ring (bicyclic) bond motifs is 1. The first kappa shape index (κ1) is 28.3. The number of hydrogen-bond donors (Lipinski definition) is 1. The molecule has 7 nitrogen and oxygen atoms in total.